The summed E-state index contributed by atoms with van der Waals surface area (Å²) >= 11 is 17.4. The zero-order chi connectivity index (χ0) is 21.0. The van der Waals surface area contributed by atoms with Gasteiger partial charge in [-0.15, -0.1) is 0 Å². The largest absolute Gasteiger partial charge is 0.367 e. The maximum Gasteiger partial charge on any atom is 0.271 e. The number of carbonyl (C=O) groups excluding carboxylic acids is 1. The topological polar surface area (TPSA) is 78.7 Å². The summed E-state index contributed by atoms with van der Waals surface area (Å²) in [6.07, 6.45) is 0.218. The molecule has 1 saturated heterocycles. The van der Waals surface area contributed by atoms with E-state index in [1.54, 1.807) is 30.3 Å². The van der Waals surface area contributed by atoms with Gasteiger partial charge in [-0.2, -0.15) is 0 Å². The van der Waals surface area contributed by atoms with Crippen molar-refractivity contribution < 1.29 is 9.72 Å². The second kappa shape index (κ2) is 9.39. The van der Waals surface area contributed by atoms with Crippen molar-refractivity contribution in [2.24, 2.45) is 0 Å². The van der Waals surface area contributed by atoms with Crippen LogP contribution in [0.1, 0.15) is 5.56 Å². The molecule has 1 fully saturated rings. The molecule has 0 atom stereocenters. The number of hydrogen-bond donors (Lipinski definition) is 1. The fraction of sp³-hybridized carbons (Fsp3) is 0.263. The quantitative estimate of drug-likeness (QED) is 0.433. The van der Waals surface area contributed by atoms with Gasteiger partial charge in [0, 0.05) is 43.3 Å². The van der Waals surface area contributed by atoms with Gasteiger partial charge in [0.25, 0.3) is 5.69 Å². The predicted octanol–water partition coefficient (Wildman–Crippen LogP) is 3.67. The Kier molecular flexibility index (Phi) is 6.89. The smallest absolute Gasteiger partial charge is 0.271 e. The van der Waals surface area contributed by atoms with Crippen molar-refractivity contribution in [3.05, 3.63) is 68.2 Å². The Labute approximate surface area is 183 Å². The van der Waals surface area contributed by atoms with Crippen LogP contribution < -0.4 is 10.2 Å². The number of hydrogen-bond acceptors (Lipinski definition) is 5. The van der Waals surface area contributed by atoms with Crippen LogP contribution in [0.25, 0.3) is 0 Å². The number of non-ortho nitro benzene ring substituents is 1. The lowest BCUT2D eigenvalue weighted by molar-refractivity contribution is -0.384. The van der Waals surface area contributed by atoms with E-state index in [0.717, 1.165) is 11.3 Å². The summed E-state index contributed by atoms with van der Waals surface area (Å²) in [5, 5.41) is 15.0. The molecule has 10 heteroatoms. The number of amides is 1. The summed E-state index contributed by atoms with van der Waals surface area (Å²) in [6, 6.07) is 11.5. The molecule has 7 nitrogen and oxygen atoms in total. The van der Waals surface area contributed by atoms with E-state index in [1.165, 1.54) is 12.1 Å². The van der Waals surface area contributed by atoms with Gasteiger partial charge in [0.05, 0.1) is 22.1 Å². The molecule has 0 unspecified atom stereocenters. The number of nitrogens with zero attached hydrogens (tertiary/aromatic N) is 3. The van der Waals surface area contributed by atoms with Gasteiger partial charge in [-0.25, -0.2) is 0 Å². The molecular weight excluding hydrogens is 435 g/mol. The molecule has 1 N–H and O–H groups in total. The van der Waals surface area contributed by atoms with Gasteiger partial charge in [0.1, 0.15) is 0 Å². The SMILES string of the molecule is O=C(Cc1ccc(Cl)cc1)NC(=S)N1CCN(c2ccc([N+](=O)[O-])cc2Cl)CC1. The van der Waals surface area contributed by atoms with E-state index in [2.05, 4.69) is 5.32 Å². The molecular formula is C19H18Cl2N4O3S. The molecule has 1 amide bonds. The van der Waals surface area contributed by atoms with Crippen molar-refractivity contribution in [2.45, 2.75) is 6.42 Å². The molecule has 2 aromatic rings. The monoisotopic (exact) mass is 452 g/mol. The molecule has 1 aliphatic rings. The third kappa shape index (κ3) is 5.56. The number of nitro groups is 1. The molecule has 2 aromatic carbocycles. The minimum absolute atomic E-state index is 0.0398. The van der Waals surface area contributed by atoms with Crippen molar-refractivity contribution in [2.75, 3.05) is 31.1 Å². The third-order valence-corrected chi connectivity index (χ3v) is 5.49. The number of nitro benzene ring substituents is 1. The average molecular weight is 453 g/mol. The maximum absolute atomic E-state index is 12.2. The predicted molar refractivity (Wildman–Crippen MR) is 118 cm³/mol. The molecule has 1 aliphatic heterocycles. The number of halogens is 2. The summed E-state index contributed by atoms with van der Waals surface area (Å²) in [4.78, 5) is 26.6. The highest BCUT2D eigenvalue weighted by atomic mass is 35.5. The number of thiocarbonyl (C=S) groups is 1. The summed E-state index contributed by atoms with van der Waals surface area (Å²) < 4.78 is 0. The van der Waals surface area contributed by atoms with E-state index >= 15 is 0 Å². The Morgan fingerprint density at radius 2 is 1.76 bits per heavy atom. The molecule has 152 valence electrons. The number of carbonyl (C=O) groups is 1. The van der Waals surface area contributed by atoms with Crippen molar-refractivity contribution in [3.63, 3.8) is 0 Å². The molecule has 3 rings (SSSR count). The summed E-state index contributed by atoms with van der Waals surface area (Å²) in [6.45, 7) is 2.47. The highest BCUT2D eigenvalue weighted by Gasteiger charge is 2.22. The van der Waals surface area contributed by atoms with Crippen LogP contribution in [0.2, 0.25) is 10.0 Å². The summed E-state index contributed by atoms with van der Waals surface area (Å²) in [7, 11) is 0. The molecule has 29 heavy (non-hydrogen) atoms. The highest BCUT2D eigenvalue weighted by molar-refractivity contribution is 7.80. The number of piperazine rings is 1. The Morgan fingerprint density at radius 3 is 2.34 bits per heavy atom. The molecule has 0 radical (unpaired) electrons. The van der Waals surface area contributed by atoms with Crippen LogP contribution in [0.15, 0.2) is 42.5 Å². The lowest BCUT2D eigenvalue weighted by Gasteiger charge is -2.37. The number of anilines is 1. The van der Waals surface area contributed by atoms with Gasteiger partial charge < -0.3 is 15.1 Å². The van der Waals surface area contributed by atoms with Crippen molar-refractivity contribution in [1.29, 1.82) is 0 Å². The third-order valence-electron chi connectivity index (χ3n) is 4.57. The summed E-state index contributed by atoms with van der Waals surface area (Å²) in [5.41, 5.74) is 1.56. The minimum atomic E-state index is -0.473. The summed E-state index contributed by atoms with van der Waals surface area (Å²) in [5.74, 6) is -0.182. The fourth-order valence-corrected chi connectivity index (χ4v) is 3.76. The van der Waals surface area contributed by atoms with Gasteiger partial charge in [0.15, 0.2) is 5.11 Å². The first kappa shape index (κ1) is 21.3. The van der Waals surface area contributed by atoms with Crippen molar-refractivity contribution in [1.82, 2.24) is 10.2 Å². The normalized spacial score (nSPS) is 13.9. The van der Waals surface area contributed by atoms with Crippen LogP contribution in [0.5, 0.6) is 0 Å². The second-order valence-electron chi connectivity index (χ2n) is 6.52. The van der Waals surface area contributed by atoms with E-state index in [1.807, 2.05) is 9.80 Å². The lowest BCUT2D eigenvalue weighted by Crippen LogP contribution is -2.53. The van der Waals surface area contributed by atoms with E-state index in [4.69, 9.17) is 35.4 Å². The van der Waals surface area contributed by atoms with Gasteiger partial charge in [0.2, 0.25) is 5.91 Å². The number of rotatable bonds is 4. The molecule has 0 aliphatic carbocycles. The molecule has 0 aromatic heterocycles. The Balaban J connectivity index is 1.52. The van der Waals surface area contributed by atoms with Gasteiger partial charge in [-0.3, -0.25) is 14.9 Å². The Morgan fingerprint density at radius 1 is 1.10 bits per heavy atom. The van der Waals surface area contributed by atoms with E-state index in [9.17, 15) is 14.9 Å². The van der Waals surface area contributed by atoms with Crippen molar-refractivity contribution in [3.8, 4) is 0 Å². The first-order chi connectivity index (χ1) is 13.8. The van der Waals surface area contributed by atoms with Gasteiger partial charge in [-0.05, 0) is 36.0 Å². The molecule has 0 saturated carbocycles. The van der Waals surface area contributed by atoms with Crippen LogP contribution in [-0.2, 0) is 11.2 Å². The Bertz CT molecular complexity index is 932. The van der Waals surface area contributed by atoms with E-state index in [-0.39, 0.29) is 18.0 Å². The van der Waals surface area contributed by atoms with Crippen LogP contribution in [-0.4, -0.2) is 47.0 Å². The van der Waals surface area contributed by atoms with Crippen molar-refractivity contribution >= 4 is 57.8 Å². The maximum atomic E-state index is 12.2. The first-order valence-electron chi connectivity index (χ1n) is 8.85. The Hall–Kier alpha value is -2.42. The molecule has 1 heterocycles. The minimum Gasteiger partial charge on any atom is -0.367 e. The number of benzene rings is 2. The average Bonchev–Trinajstić information content (AvgIpc) is 2.69. The van der Waals surface area contributed by atoms with Crippen LogP contribution >= 0.6 is 35.4 Å². The second-order valence-corrected chi connectivity index (χ2v) is 7.75. The number of nitrogens with one attached hydrogen (secondary N) is 1. The van der Waals surface area contributed by atoms with Crippen LogP contribution in [0.3, 0.4) is 0 Å². The van der Waals surface area contributed by atoms with Gasteiger partial charge in [-0.1, -0.05) is 35.3 Å². The molecule has 0 spiro atoms. The lowest BCUT2D eigenvalue weighted by atomic mass is 10.1. The zero-order valence-electron chi connectivity index (χ0n) is 15.3. The van der Waals surface area contributed by atoms with Gasteiger partial charge >= 0.3 is 0 Å². The van der Waals surface area contributed by atoms with E-state index in [0.29, 0.717) is 41.3 Å². The van der Waals surface area contributed by atoms with Crippen LogP contribution in [0.4, 0.5) is 11.4 Å². The molecule has 0 bridgehead atoms. The van der Waals surface area contributed by atoms with E-state index < -0.39 is 4.92 Å². The standard InChI is InChI=1S/C19H18Cl2N4O3S/c20-14-3-1-13(2-4-14)11-18(26)22-19(29)24-9-7-23(8-10-24)17-6-5-15(25(27)28)12-16(17)21/h1-6,12H,7-11H2,(H,22,26,29). The zero-order valence-corrected chi connectivity index (χ0v) is 17.6. The highest BCUT2D eigenvalue weighted by Crippen LogP contribution is 2.30. The first-order valence-corrected chi connectivity index (χ1v) is 10.0. The fourth-order valence-electron chi connectivity index (χ4n) is 3.05. The van der Waals surface area contributed by atoms with Crippen LogP contribution in [0, 0.1) is 10.1 Å².